The Labute approximate surface area is 123 Å². The van der Waals surface area contributed by atoms with Crippen molar-refractivity contribution in [3.8, 4) is 0 Å². The van der Waals surface area contributed by atoms with Crippen LogP contribution in [0.3, 0.4) is 0 Å². The van der Waals surface area contributed by atoms with Crippen LogP contribution in [0, 0.1) is 0 Å². The fourth-order valence-electron chi connectivity index (χ4n) is 2.06. The number of benzene rings is 1. The lowest BCUT2D eigenvalue weighted by atomic mass is 10.1. The monoisotopic (exact) mass is 289 g/mol. The van der Waals surface area contributed by atoms with Crippen molar-refractivity contribution < 1.29 is 4.79 Å². The molecule has 2 rings (SSSR count). The van der Waals surface area contributed by atoms with Crippen molar-refractivity contribution in [2.45, 2.75) is 26.7 Å². The van der Waals surface area contributed by atoms with Crippen LogP contribution in [0.4, 0.5) is 0 Å². The second-order valence-corrected chi connectivity index (χ2v) is 5.28. The Hall–Kier alpha value is -1.75. The van der Waals surface area contributed by atoms with Crippen molar-refractivity contribution >= 4 is 17.4 Å². The van der Waals surface area contributed by atoms with Gasteiger partial charge in [0, 0.05) is 13.1 Å². The highest BCUT2D eigenvalue weighted by Gasteiger charge is 2.20. The van der Waals surface area contributed by atoms with Gasteiger partial charge in [0.1, 0.15) is 4.88 Å². The summed E-state index contributed by atoms with van der Waals surface area (Å²) in [6.45, 7) is 5.42. The summed E-state index contributed by atoms with van der Waals surface area (Å²) in [5.74, 6) is 0.0512. The van der Waals surface area contributed by atoms with Gasteiger partial charge in [0.05, 0.1) is 5.69 Å². The zero-order chi connectivity index (χ0) is 14.4. The van der Waals surface area contributed by atoms with E-state index >= 15 is 0 Å². The summed E-state index contributed by atoms with van der Waals surface area (Å²) in [7, 11) is 0. The van der Waals surface area contributed by atoms with Crippen LogP contribution in [0.25, 0.3) is 0 Å². The van der Waals surface area contributed by atoms with Gasteiger partial charge in [-0.15, -0.1) is 5.10 Å². The molecule has 4 nitrogen and oxygen atoms in total. The Morgan fingerprint density at radius 3 is 2.65 bits per heavy atom. The number of nitrogens with zero attached hydrogens (tertiary/aromatic N) is 3. The highest BCUT2D eigenvalue weighted by Crippen LogP contribution is 2.15. The molecule has 20 heavy (non-hydrogen) atoms. The van der Waals surface area contributed by atoms with E-state index in [1.165, 1.54) is 17.1 Å². The van der Waals surface area contributed by atoms with E-state index in [2.05, 4.69) is 21.7 Å². The predicted molar refractivity (Wildman–Crippen MR) is 81.0 cm³/mol. The van der Waals surface area contributed by atoms with E-state index in [0.717, 1.165) is 25.1 Å². The normalized spacial score (nSPS) is 10.5. The first kappa shape index (κ1) is 14.7. The van der Waals surface area contributed by atoms with Crippen LogP contribution in [0.2, 0.25) is 0 Å². The van der Waals surface area contributed by atoms with Gasteiger partial charge in [-0.1, -0.05) is 41.7 Å². The van der Waals surface area contributed by atoms with E-state index in [9.17, 15) is 4.79 Å². The highest BCUT2D eigenvalue weighted by molar-refractivity contribution is 7.08. The van der Waals surface area contributed by atoms with Gasteiger partial charge in [-0.2, -0.15) is 0 Å². The first-order valence-electron chi connectivity index (χ1n) is 6.90. The first-order chi connectivity index (χ1) is 9.76. The van der Waals surface area contributed by atoms with Crippen LogP contribution >= 0.6 is 11.5 Å². The molecule has 0 N–H and O–H groups in total. The molecule has 1 amide bonds. The molecular weight excluding hydrogens is 270 g/mol. The molecule has 1 aromatic carbocycles. The number of carbonyl (C=O) groups is 1. The zero-order valence-corrected chi connectivity index (χ0v) is 12.7. The van der Waals surface area contributed by atoms with Gasteiger partial charge in [-0.05, 0) is 36.9 Å². The van der Waals surface area contributed by atoms with Crippen molar-refractivity contribution in [2.24, 2.45) is 0 Å². The topological polar surface area (TPSA) is 46.1 Å². The van der Waals surface area contributed by atoms with E-state index in [4.69, 9.17) is 0 Å². The van der Waals surface area contributed by atoms with Gasteiger partial charge in [0.2, 0.25) is 0 Å². The smallest absolute Gasteiger partial charge is 0.267 e. The third-order valence-corrected chi connectivity index (χ3v) is 4.02. The Bertz CT molecular complexity index is 553. The summed E-state index contributed by atoms with van der Waals surface area (Å²) in [6.07, 6.45) is 1.61. The largest absolute Gasteiger partial charge is 0.338 e. The molecule has 0 saturated carbocycles. The van der Waals surface area contributed by atoms with Crippen LogP contribution in [0.15, 0.2) is 30.3 Å². The van der Waals surface area contributed by atoms with Gasteiger partial charge >= 0.3 is 0 Å². The molecule has 5 heteroatoms. The number of aryl methyl sites for hydroxylation is 1. The second-order valence-electron chi connectivity index (χ2n) is 4.52. The quantitative estimate of drug-likeness (QED) is 0.821. The zero-order valence-electron chi connectivity index (χ0n) is 11.9. The fraction of sp³-hybridized carbons (Fsp3) is 0.400. The molecule has 0 aliphatic heterocycles. The molecule has 0 unspecified atom stereocenters. The third kappa shape index (κ3) is 3.42. The molecule has 0 saturated heterocycles. The fourth-order valence-corrected chi connectivity index (χ4v) is 2.78. The number of rotatable bonds is 6. The Kier molecular flexibility index (Phi) is 5.24. The maximum absolute atomic E-state index is 12.5. The van der Waals surface area contributed by atoms with E-state index in [1.54, 1.807) is 0 Å². The average Bonchev–Trinajstić information content (AvgIpc) is 2.97. The van der Waals surface area contributed by atoms with E-state index < -0.39 is 0 Å². The molecule has 2 aromatic rings. The molecule has 1 heterocycles. The number of likely N-dealkylation sites (N-methyl/N-ethyl adjacent to an activating group) is 1. The summed E-state index contributed by atoms with van der Waals surface area (Å²) in [5.41, 5.74) is 2.05. The minimum atomic E-state index is 0.0512. The van der Waals surface area contributed by atoms with Gasteiger partial charge in [0.25, 0.3) is 5.91 Å². The summed E-state index contributed by atoms with van der Waals surface area (Å²) in [6, 6.07) is 10.2. The summed E-state index contributed by atoms with van der Waals surface area (Å²) >= 11 is 1.20. The second kappa shape index (κ2) is 7.14. The molecule has 0 atom stereocenters. The van der Waals surface area contributed by atoms with Crippen molar-refractivity contribution in [3.63, 3.8) is 0 Å². The van der Waals surface area contributed by atoms with Crippen LogP contribution in [-0.4, -0.2) is 33.5 Å². The summed E-state index contributed by atoms with van der Waals surface area (Å²) in [4.78, 5) is 15.0. The van der Waals surface area contributed by atoms with Crippen molar-refractivity contribution in [3.05, 3.63) is 46.5 Å². The van der Waals surface area contributed by atoms with E-state index in [0.29, 0.717) is 11.4 Å². The van der Waals surface area contributed by atoms with Crippen molar-refractivity contribution in [2.75, 3.05) is 13.1 Å². The summed E-state index contributed by atoms with van der Waals surface area (Å²) < 4.78 is 3.89. The average molecular weight is 289 g/mol. The maximum atomic E-state index is 12.5. The lowest BCUT2D eigenvalue weighted by molar-refractivity contribution is 0.0770. The molecule has 0 aliphatic rings. The molecule has 0 spiro atoms. The molecule has 1 aromatic heterocycles. The lowest BCUT2D eigenvalue weighted by Crippen LogP contribution is -2.32. The van der Waals surface area contributed by atoms with Crippen LogP contribution < -0.4 is 0 Å². The van der Waals surface area contributed by atoms with Gasteiger partial charge in [-0.3, -0.25) is 4.79 Å². The molecule has 0 aliphatic carbocycles. The standard InChI is InChI=1S/C15H19N3OS/c1-3-13-14(20-17-16-13)15(19)18(4-2)11-10-12-8-6-5-7-9-12/h5-9H,3-4,10-11H2,1-2H3. The minimum absolute atomic E-state index is 0.0512. The molecule has 0 fully saturated rings. The minimum Gasteiger partial charge on any atom is -0.338 e. The number of hydrogen-bond acceptors (Lipinski definition) is 4. The Balaban J connectivity index is 2.03. The van der Waals surface area contributed by atoms with Gasteiger partial charge in [-0.25, -0.2) is 0 Å². The van der Waals surface area contributed by atoms with Crippen LogP contribution in [-0.2, 0) is 12.8 Å². The molecule has 0 radical (unpaired) electrons. The molecule has 106 valence electrons. The van der Waals surface area contributed by atoms with Crippen LogP contribution in [0.1, 0.15) is 34.8 Å². The maximum Gasteiger partial charge on any atom is 0.267 e. The van der Waals surface area contributed by atoms with Crippen molar-refractivity contribution in [1.29, 1.82) is 0 Å². The number of amides is 1. The Morgan fingerprint density at radius 1 is 1.25 bits per heavy atom. The third-order valence-electron chi connectivity index (χ3n) is 3.27. The lowest BCUT2D eigenvalue weighted by Gasteiger charge is -2.20. The van der Waals surface area contributed by atoms with E-state index in [1.807, 2.05) is 36.9 Å². The number of hydrogen-bond donors (Lipinski definition) is 0. The summed E-state index contributed by atoms with van der Waals surface area (Å²) in [5, 5.41) is 4.01. The molecule has 0 bridgehead atoms. The van der Waals surface area contributed by atoms with E-state index in [-0.39, 0.29) is 5.91 Å². The Morgan fingerprint density at radius 2 is 2.00 bits per heavy atom. The predicted octanol–water partition coefficient (Wildman–Crippen LogP) is 2.81. The van der Waals surface area contributed by atoms with Crippen molar-refractivity contribution in [1.82, 2.24) is 14.5 Å². The van der Waals surface area contributed by atoms with Gasteiger partial charge < -0.3 is 4.90 Å². The van der Waals surface area contributed by atoms with Crippen LogP contribution in [0.5, 0.6) is 0 Å². The number of carbonyl (C=O) groups excluding carboxylic acids is 1. The SMILES string of the molecule is CCc1nnsc1C(=O)N(CC)CCc1ccccc1. The number of aromatic nitrogens is 2. The van der Waals surface area contributed by atoms with Gasteiger partial charge in [0.15, 0.2) is 0 Å². The molecular formula is C15H19N3OS. The highest BCUT2D eigenvalue weighted by atomic mass is 32.1. The first-order valence-corrected chi connectivity index (χ1v) is 7.68.